The van der Waals surface area contributed by atoms with E-state index in [1.54, 1.807) is 0 Å². The molecule has 0 bridgehead atoms. The van der Waals surface area contributed by atoms with Crippen molar-refractivity contribution < 1.29 is 4.79 Å². The average Bonchev–Trinajstić information content (AvgIpc) is 2.62. The quantitative estimate of drug-likeness (QED) is 0.727. The topological polar surface area (TPSA) is 32.3 Å². The molecule has 1 rings (SSSR count). The fourth-order valence-electron chi connectivity index (χ4n) is 2.08. The summed E-state index contributed by atoms with van der Waals surface area (Å²) in [5.74, 6) is 0.189. The van der Waals surface area contributed by atoms with Crippen molar-refractivity contribution in [3.05, 3.63) is 0 Å². The van der Waals surface area contributed by atoms with Crippen LogP contribution in [0.3, 0.4) is 0 Å². The summed E-state index contributed by atoms with van der Waals surface area (Å²) in [5.41, 5.74) is 0.0963. The van der Waals surface area contributed by atoms with Gasteiger partial charge in [0.15, 0.2) is 0 Å². The normalized spacial score (nSPS) is 17.7. The van der Waals surface area contributed by atoms with E-state index in [9.17, 15) is 4.79 Å². The van der Waals surface area contributed by atoms with Gasteiger partial charge in [-0.1, -0.05) is 20.8 Å². The van der Waals surface area contributed by atoms with Crippen LogP contribution >= 0.6 is 0 Å². The van der Waals surface area contributed by atoms with E-state index in [0.29, 0.717) is 6.42 Å². The molecule has 1 aliphatic rings. The number of nitrogens with zero attached hydrogens (tertiary/aromatic N) is 1. The van der Waals surface area contributed by atoms with Crippen LogP contribution in [0, 0.1) is 5.41 Å². The van der Waals surface area contributed by atoms with Crippen LogP contribution in [0.15, 0.2) is 0 Å². The number of nitrogens with one attached hydrogen (secondary N) is 1. The minimum atomic E-state index is 0.0963. The minimum Gasteiger partial charge on any atom is -0.356 e. The van der Waals surface area contributed by atoms with E-state index in [1.807, 2.05) is 0 Å². The number of hydrogen-bond donors (Lipinski definition) is 1. The van der Waals surface area contributed by atoms with E-state index in [-0.39, 0.29) is 11.3 Å². The van der Waals surface area contributed by atoms with Gasteiger partial charge in [-0.3, -0.25) is 4.79 Å². The Labute approximate surface area is 99.6 Å². The molecule has 0 saturated carbocycles. The van der Waals surface area contributed by atoms with Gasteiger partial charge in [-0.05, 0) is 44.3 Å². The van der Waals surface area contributed by atoms with E-state index in [0.717, 1.165) is 19.5 Å². The lowest BCUT2D eigenvalue weighted by Gasteiger charge is -2.18. The van der Waals surface area contributed by atoms with Crippen molar-refractivity contribution in [2.75, 3.05) is 26.2 Å². The molecule has 0 aromatic rings. The van der Waals surface area contributed by atoms with E-state index in [4.69, 9.17) is 0 Å². The summed E-state index contributed by atoms with van der Waals surface area (Å²) in [6, 6.07) is 0. The first-order valence-electron chi connectivity index (χ1n) is 6.46. The highest BCUT2D eigenvalue weighted by molar-refractivity contribution is 5.76. The molecule has 94 valence electrons. The molecule has 3 nitrogen and oxygen atoms in total. The Bertz CT molecular complexity index is 214. The van der Waals surface area contributed by atoms with Gasteiger partial charge in [0, 0.05) is 13.0 Å². The standard InChI is InChI=1S/C13H26N2O/c1-13(2,3)11-12(16)14-7-6-10-15-8-4-5-9-15/h4-11H2,1-3H3,(H,14,16). The molecule has 0 aromatic heterocycles. The van der Waals surface area contributed by atoms with E-state index >= 15 is 0 Å². The third-order valence-electron chi connectivity index (χ3n) is 2.86. The fourth-order valence-corrected chi connectivity index (χ4v) is 2.08. The molecule has 0 aromatic carbocycles. The van der Waals surface area contributed by atoms with Gasteiger partial charge < -0.3 is 10.2 Å². The van der Waals surface area contributed by atoms with Gasteiger partial charge in [-0.15, -0.1) is 0 Å². The predicted molar refractivity (Wildman–Crippen MR) is 67.4 cm³/mol. The Kier molecular flexibility index (Phi) is 5.26. The highest BCUT2D eigenvalue weighted by Crippen LogP contribution is 2.17. The Morgan fingerprint density at radius 1 is 1.25 bits per heavy atom. The van der Waals surface area contributed by atoms with Gasteiger partial charge in [-0.2, -0.15) is 0 Å². The van der Waals surface area contributed by atoms with Gasteiger partial charge >= 0.3 is 0 Å². The van der Waals surface area contributed by atoms with E-state index < -0.39 is 0 Å². The first-order chi connectivity index (χ1) is 7.47. The molecule has 1 heterocycles. The molecular weight excluding hydrogens is 200 g/mol. The molecule has 0 aliphatic carbocycles. The molecule has 1 saturated heterocycles. The van der Waals surface area contributed by atoms with Gasteiger partial charge in [0.1, 0.15) is 0 Å². The van der Waals surface area contributed by atoms with Crippen LogP contribution in [0.4, 0.5) is 0 Å². The third kappa shape index (κ3) is 6.11. The number of rotatable bonds is 5. The second-order valence-electron chi connectivity index (χ2n) is 5.99. The molecule has 1 fully saturated rings. The number of carbonyl (C=O) groups excluding carboxylic acids is 1. The van der Waals surface area contributed by atoms with Crippen molar-refractivity contribution in [2.45, 2.75) is 46.5 Å². The smallest absolute Gasteiger partial charge is 0.220 e. The summed E-state index contributed by atoms with van der Waals surface area (Å²) >= 11 is 0. The highest BCUT2D eigenvalue weighted by atomic mass is 16.1. The van der Waals surface area contributed by atoms with Gasteiger partial charge in [0.05, 0.1) is 0 Å². The van der Waals surface area contributed by atoms with Crippen LogP contribution in [0.25, 0.3) is 0 Å². The molecular formula is C13H26N2O. The average molecular weight is 226 g/mol. The lowest BCUT2D eigenvalue weighted by atomic mass is 9.92. The highest BCUT2D eigenvalue weighted by Gasteiger charge is 2.15. The molecule has 16 heavy (non-hydrogen) atoms. The second-order valence-corrected chi connectivity index (χ2v) is 5.99. The fraction of sp³-hybridized carbons (Fsp3) is 0.923. The van der Waals surface area contributed by atoms with Crippen molar-refractivity contribution in [3.8, 4) is 0 Å². The zero-order chi connectivity index (χ0) is 12.0. The van der Waals surface area contributed by atoms with Crippen LogP contribution < -0.4 is 5.32 Å². The van der Waals surface area contributed by atoms with Crippen LogP contribution in [0.2, 0.25) is 0 Å². The number of hydrogen-bond acceptors (Lipinski definition) is 2. The summed E-state index contributed by atoms with van der Waals surface area (Å²) in [5, 5.41) is 3.00. The zero-order valence-corrected chi connectivity index (χ0v) is 11.0. The Hall–Kier alpha value is -0.570. The van der Waals surface area contributed by atoms with Crippen molar-refractivity contribution in [3.63, 3.8) is 0 Å². The van der Waals surface area contributed by atoms with Gasteiger partial charge in [0.2, 0.25) is 5.91 Å². The lowest BCUT2D eigenvalue weighted by Crippen LogP contribution is -2.30. The summed E-state index contributed by atoms with van der Waals surface area (Å²) in [4.78, 5) is 14.0. The largest absolute Gasteiger partial charge is 0.356 e. The monoisotopic (exact) mass is 226 g/mol. The van der Waals surface area contributed by atoms with Crippen LogP contribution in [-0.2, 0) is 4.79 Å². The maximum atomic E-state index is 11.5. The van der Waals surface area contributed by atoms with Gasteiger partial charge in [0.25, 0.3) is 0 Å². The predicted octanol–water partition coefficient (Wildman–Crippen LogP) is 2.02. The molecule has 0 atom stereocenters. The number of carbonyl (C=O) groups is 1. The summed E-state index contributed by atoms with van der Waals surface area (Å²) < 4.78 is 0. The second kappa shape index (κ2) is 6.24. The van der Waals surface area contributed by atoms with Crippen molar-refractivity contribution in [2.24, 2.45) is 5.41 Å². The molecule has 1 N–H and O–H groups in total. The third-order valence-corrected chi connectivity index (χ3v) is 2.86. The summed E-state index contributed by atoms with van der Waals surface area (Å²) in [6.45, 7) is 10.7. The molecule has 0 spiro atoms. The van der Waals surface area contributed by atoms with Crippen molar-refractivity contribution in [1.82, 2.24) is 10.2 Å². The SMILES string of the molecule is CC(C)(C)CC(=O)NCCCN1CCCC1. The zero-order valence-electron chi connectivity index (χ0n) is 11.0. The van der Waals surface area contributed by atoms with Crippen LogP contribution in [-0.4, -0.2) is 37.0 Å². The molecule has 1 aliphatic heterocycles. The Morgan fingerprint density at radius 3 is 2.44 bits per heavy atom. The lowest BCUT2D eigenvalue weighted by molar-refractivity contribution is -0.122. The Morgan fingerprint density at radius 2 is 1.88 bits per heavy atom. The van der Waals surface area contributed by atoms with Crippen molar-refractivity contribution >= 4 is 5.91 Å². The maximum absolute atomic E-state index is 11.5. The molecule has 1 amide bonds. The van der Waals surface area contributed by atoms with Crippen molar-refractivity contribution in [1.29, 1.82) is 0 Å². The minimum absolute atomic E-state index is 0.0963. The molecule has 3 heteroatoms. The van der Waals surface area contributed by atoms with E-state index in [1.165, 1.54) is 25.9 Å². The first kappa shape index (κ1) is 13.5. The molecule has 0 unspecified atom stereocenters. The van der Waals surface area contributed by atoms with Crippen LogP contribution in [0.1, 0.15) is 46.5 Å². The van der Waals surface area contributed by atoms with E-state index in [2.05, 4.69) is 31.0 Å². The Balaban J connectivity index is 2.00. The number of likely N-dealkylation sites (tertiary alicyclic amines) is 1. The summed E-state index contributed by atoms with van der Waals surface area (Å²) in [6.07, 6.45) is 4.39. The summed E-state index contributed by atoms with van der Waals surface area (Å²) in [7, 11) is 0. The number of amides is 1. The maximum Gasteiger partial charge on any atom is 0.220 e. The molecule has 0 radical (unpaired) electrons. The van der Waals surface area contributed by atoms with Crippen LogP contribution in [0.5, 0.6) is 0 Å². The van der Waals surface area contributed by atoms with Gasteiger partial charge in [-0.25, -0.2) is 0 Å². The first-order valence-corrected chi connectivity index (χ1v) is 6.46.